The van der Waals surface area contributed by atoms with Crippen molar-refractivity contribution < 1.29 is 13.6 Å². The second kappa shape index (κ2) is 6.23. The molecule has 1 aliphatic heterocycles. The number of rotatable bonds is 3. The molecule has 3 aromatic heterocycles. The number of H-pyrrole nitrogens is 1. The van der Waals surface area contributed by atoms with Gasteiger partial charge in [0.05, 0.1) is 29.1 Å². The number of carbonyl (C=O) groups excluding carboxylic acids is 1. The average molecular weight is 376 g/mol. The van der Waals surface area contributed by atoms with Gasteiger partial charge in [-0.05, 0) is 42.0 Å². The molecular weight excluding hydrogens is 362 g/mol. The predicted molar refractivity (Wildman–Crippen MR) is 99.7 cm³/mol. The van der Waals surface area contributed by atoms with Crippen molar-refractivity contribution >= 4 is 16.9 Å². The van der Waals surface area contributed by atoms with Gasteiger partial charge in [0.1, 0.15) is 17.3 Å². The summed E-state index contributed by atoms with van der Waals surface area (Å²) < 4.78 is 28.6. The molecule has 0 fully saturated rings. The lowest BCUT2D eigenvalue weighted by molar-refractivity contribution is 0.0965. The smallest absolute Gasteiger partial charge is 0.253 e. The number of nitrogens with zero attached hydrogens (tertiary/aromatic N) is 2. The lowest BCUT2D eigenvalue weighted by Crippen LogP contribution is -2.14. The van der Waals surface area contributed by atoms with E-state index < -0.39 is 11.6 Å². The van der Waals surface area contributed by atoms with E-state index in [1.807, 2.05) is 18.2 Å². The highest BCUT2D eigenvalue weighted by Crippen LogP contribution is 2.30. The van der Waals surface area contributed by atoms with E-state index in [0.29, 0.717) is 23.2 Å². The Balaban J connectivity index is 1.66. The number of amides is 1. The molecule has 7 heteroatoms. The first-order chi connectivity index (χ1) is 13.6. The van der Waals surface area contributed by atoms with Crippen molar-refractivity contribution in [1.82, 2.24) is 20.3 Å². The van der Waals surface area contributed by atoms with Gasteiger partial charge in [-0.3, -0.25) is 4.79 Å². The van der Waals surface area contributed by atoms with Crippen molar-refractivity contribution in [3.05, 3.63) is 82.8 Å². The lowest BCUT2D eigenvalue weighted by Gasteiger charge is -2.11. The van der Waals surface area contributed by atoms with Gasteiger partial charge in [-0.15, -0.1) is 0 Å². The van der Waals surface area contributed by atoms with Crippen LogP contribution < -0.4 is 5.32 Å². The fraction of sp³-hybridized carbons (Fsp3) is 0.0952. The van der Waals surface area contributed by atoms with Gasteiger partial charge in [-0.1, -0.05) is 6.07 Å². The average Bonchev–Trinajstić information content (AvgIpc) is 3.28. The van der Waals surface area contributed by atoms with E-state index in [1.54, 1.807) is 12.3 Å². The van der Waals surface area contributed by atoms with Crippen LogP contribution in [0.1, 0.15) is 27.3 Å². The Hall–Kier alpha value is -3.61. The SMILES string of the molecule is O=C1NCc2nc(-c3c(F)cccc3F)cc(Cc3ccc4cc[nH]c4n3)c21. The molecule has 5 nitrogen and oxygen atoms in total. The number of fused-ring (bicyclic) bond motifs is 2. The van der Waals surface area contributed by atoms with Crippen molar-refractivity contribution in [3.63, 3.8) is 0 Å². The standard InChI is InChI=1S/C21H14F2N4O/c22-14-2-1-3-15(23)19(14)16-9-12(18-17(27-16)10-25-21(18)28)8-13-5-4-11-6-7-24-20(11)26-13/h1-7,9H,8,10H2,(H,24,26)(H,25,28). The molecule has 0 saturated heterocycles. The first-order valence-electron chi connectivity index (χ1n) is 8.78. The number of hydrogen-bond acceptors (Lipinski definition) is 3. The maximum atomic E-state index is 14.3. The third-order valence-electron chi connectivity index (χ3n) is 4.88. The second-order valence-electron chi connectivity index (χ2n) is 6.66. The van der Waals surface area contributed by atoms with Gasteiger partial charge in [-0.25, -0.2) is 18.7 Å². The molecule has 0 aliphatic carbocycles. The Labute approximate surface area is 158 Å². The molecule has 0 bridgehead atoms. The number of halogens is 2. The molecular formula is C21H14F2N4O. The van der Waals surface area contributed by atoms with E-state index in [-0.39, 0.29) is 23.7 Å². The zero-order valence-corrected chi connectivity index (χ0v) is 14.6. The van der Waals surface area contributed by atoms with Crippen LogP contribution in [0.4, 0.5) is 8.78 Å². The van der Waals surface area contributed by atoms with Crippen LogP contribution in [0.5, 0.6) is 0 Å². The molecule has 4 aromatic rings. The number of carbonyl (C=O) groups is 1. The zero-order valence-electron chi connectivity index (χ0n) is 14.6. The van der Waals surface area contributed by atoms with Gasteiger partial charge in [0, 0.05) is 23.7 Å². The minimum atomic E-state index is -0.693. The topological polar surface area (TPSA) is 70.7 Å². The van der Waals surface area contributed by atoms with Crippen LogP contribution in [0, 0.1) is 11.6 Å². The number of aromatic nitrogens is 3. The fourth-order valence-electron chi connectivity index (χ4n) is 3.59. The Bertz CT molecular complexity index is 1230. The Morgan fingerprint density at radius 1 is 1.00 bits per heavy atom. The first-order valence-corrected chi connectivity index (χ1v) is 8.78. The van der Waals surface area contributed by atoms with E-state index in [1.165, 1.54) is 18.2 Å². The normalized spacial score (nSPS) is 13.0. The summed E-state index contributed by atoms with van der Waals surface area (Å²) >= 11 is 0. The molecule has 5 rings (SSSR count). The fourth-order valence-corrected chi connectivity index (χ4v) is 3.59. The summed E-state index contributed by atoms with van der Waals surface area (Å²) in [7, 11) is 0. The van der Waals surface area contributed by atoms with Crippen molar-refractivity contribution in [3.8, 4) is 11.3 Å². The number of benzene rings is 1. The maximum absolute atomic E-state index is 14.3. The minimum absolute atomic E-state index is 0.168. The summed E-state index contributed by atoms with van der Waals surface area (Å²) in [5.74, 6) is -1.62. The number of hydrogen-bond donors (Lipinski definition) is 2. The van der Waals surface area contributed by atoms with E-state index in [9.17, 15) is 13.6 Å². The zero-order chi connectivity index (χ0) is 19.3. The summed E-state index contributed by atoms with van der Waals surface area (Å²) in [4.78, 5) is 24.3. The molecule has 0 saturated carbocycles. The molecule has 1 aliphatic rings. The Morgan fingerprint density at radius 2 is 1.82 bits per heavy atom. The third kappa shape index (κ3) is 2.63. The first kappa shape index (κ1) is 16.6. The maximum Gasteiger partial charge on any atom is 0.253 e. The van der Waals surface area contributed by atoms with E-state index in [2.05, 4.69) is 20.3 Å². The van der Waals surface area contributed by atoms with E-state index >= 15 is 0 Å². The Kier molecular flexibility index (Phi) is 3.68. The number of nitrogens with one attached hydrogen (secondary N) is 2. The Morgan fingerprint density at radius 3 is 2.64 bits per heavy atom. The highest BCUT2D eigenvalue weighted by Gasteiger charge is 2.27. The van der Waals surface area contributed by atoms with Crippen LogP contribution in [0.15, 0.2) is 48.7 Å². The summed E-state index contributed by atoms with van der Waals surface area (Å²) in [5, 5.41) is 3.71. The van der Waals surface area contributed by atoms with Crippen molar-refractivity contribution in [1.29, 1.82) is 0 Å². The van der Waals surface area contributed by atoms with Crippen molar-refractivity contribution in [2.75, 3.05) is 0 Å². The van der Waals surface area contributed by atoms with Gasteiger partial charge >= 0.3 is 0 Å². The largest absolute Gasteiger partial charge is 0.346 e. The summed E-state index contributed by atoms with van der Waals surface area (Å²) in [5.41, 5.74) is 3.03. The van der Waals surface area contributed by atoms with Gasteiger partial charge in [0.15, 0.2) is 0 Å². The molecule has 1 amide bonds. The molecule has 0 spiro atoms. The number of aromatic amines is 1. The number of pyridine rings is 2. The highest BCUT2D eigenvalue weighted by atomic mass is 19.1. The molecule has 4 heterocycles. The van der Waals surface area contributed by atoms with Crippen molar-refractivity contribution in [2.45, 2.75) is 13.0 Å². The third-order valence-corrected chi connectivity index (χ3v) is 4.88. The van der Waals surface area contributed by atoms with Crippen LogP contribution in [-0.2, 0) is 13.0 Å². The molecule has 0 unspecified atom stereocenters. The van der Waals surface area contributed by atoms with Crippen LogP contribution in [0.2, 0.25) is 0 Å². The van der Waals surface area contributed by atoms with Gasteiger partial charge in [0.2, 0.25) is 0 Å². The highest BCUT2D eigenvalue weighted by molar-refractivity contribution is 5.99. The summed E-state index contributed by atoms with van der Waals surface area (Å²) in [6.07, 6.45) is 2.15. The van der Waals surface area contributed by atoms with E-state index in [4.69, 9.17) is 0 Å². The van der Waals surface area contributed by atoms with Crippen LogP contribution in [0.25, 0.3) is 22.3 Å². The molecule has 0 atom stereocenters. The monoisotopic (exact) mass is 376 g/mol. The van der Waals surface area contributed by atoms with Crippen LogP contribution in [0.3, 0.4) is 0 Å². The predicted octanol–water partition coefficient (Wildman–Crippen LogP) is 3.74. The lowest BCUT2D eigenvalue weighted by atomic mass is 9.98. The van der Waals surface area contributed by atoms with Crippen LogP contribution >= 0.6 is 0 Å². The van der Waals surface area contributed by atoms with E-state index in [0.717, 1.165) is 16.7 Å². The summed E-state index contributed by atoms with van der Waals surface area (Å²) in [6.45, 7) is 0.230. The van der Waals surface area contributed by atoms with Gasteiger partial charge < -0.3 is 10.3 Å². The van der Waals surface area contributed by atoms with Gasteiger partial charge in [0.25, 0.3) is 5.91 Å². The molecule has 2 N–H and O–H groups in total. The van der Waals surface area contributed by atoms with Crippen LogP contribution in [-0.4, -0.2) is 20.9 Å². The minimum Gasteiger partial charge on any atom is -0.346 e. The second-order valence-corrected chi connectivity index (χ2v) is 6.66. The molecule has 0 radical (unpaired) electrons. The van der Waals surface area contributed by atoms with Gasteiger partial charge in [-0.2, -0.15) is 0 Å². The molecule has 1 aromatic carbocycles. The van der Waals surface area contributed by atoms with Crippen molar-refractivity contribution in [2.24, 2.45) is 0 Å². The molecule has 28 heavy (non-hydrogen) atoms. The molecule has 138 valence electrons. The quantitative estimate of drug-likeness (QED) is 0.572. The summed E-state index contributed by atoms with van der Waals surface area (Å²) in [6, 6.07) is 11.0.